The van der Waals surface area contributed by atoms with Crippen molar-refractivity contribution in [2.45, 2.75) is 26.7 Å². The van der Waals surface area contributed by atoms with E-state index in [9.17, 15) is 14.4 Å². The Kier molecular flexibility index (Phi) is 5.98. The quantitative estimate of drug-likeness (QED) is 0.240. The minimum Gasteiger partial charge on any atom is -0.268 e. The first-order chi connectivity index (χ1) is 17.3. The molecule has 0 bridgehead atoms. The first-order valence-electron chi connectivity index (χ1n) is 11.9. The third-order valence-corrected chi connectivity index (χ3v) is 6.43. The van der Waals surface area contributed by atoms with Gasteiger partial charge in [0.2, 0.25) is 0 Å². The Labute approximate surface area is 210 Å². The number of benzene rings is 4. The van der Waals surface area contributed by atoms with Gasteiger partial charge in [0, 0.05) is 5.39 Å². The summed E-state index contributed by atoms with van der Waals surface area (Å²) >= 11 is 0. The van der Waals surface area contributed by atoms with E-state index in [2.05, 4.69) is 13.8 Å². The number of anilines is 2. The van der Waals surface area contributed by atoms with Crippen molar-refractivity contribution >= 4 is 46.1 Å². The summed E-state index contributed by atoms with van der Waals surface area (Å²) in [5.74, 6) is -0.917. The van der Waals surface area contributed by atoms with Gasteiger partial charge in [-0.05, 0) is 59.2 Å². The second-order valence-corrected chi connectivity index (χ2v) is 9.28. The van der Waals surface area contributed by atoms with Crippen LogP contribution in [-0.2, 0) is 9.59 Å². The molecule has 1 fully saturated rings. The summed E-state index contributed by atoms with van der Waals surface area (Å²) in [5.41, 5.74) is 3.57. The molecule has 0 spiro atoms. The number of urea groups is 1. The van der Waals surface area contributed by atoms with Gasteiger partial charge in [-0.15, -0.1) is 0 Å². The van der Waals surface area contributed by atoms with Crippen LogP contribution in [0.1, 0.15) is 36.5 Å². The third-order valence-electron chi connectivity index (χ3n) is 6.43. The maximum atomic E-state index is 13.8. The normalized spacial score (nSPS) is 15.4. The number of carbonyl (C=O) groups is 3. The standard InChI is InChI=1S/C31H26N2O3/c1-20(2)23-16-14-22(15-17-23)19-27-29(34)32(25-11-6-8-21(3)18-25)31(36)33(30(27)35)28-13-7-10-24-9-4-5-12-26(24)28/h4-20H,1-3H3/b27-19+. The van der Waals surface area contributed by atoms with E-state index in [-0.39, 0.29) is 5.57 Å². The topological polar surface area (TPSA) is 57.7 Å². The van der Waals surface area contributed by atoms with Gasteiger partial charge in [-0.3, -0.25) is 9.59 Å². The molecule has 1 saturated heterocycles. The molecular formula is C31H26N2O3. The van der Waals surface area contributed by atoms with Gasteiger partial charge in [-0.1, -0.05) is 86.6 Å². The van der Waals surface area contributed by atoms with Crippen LogP contribution in [0.3, 0.4) is 0 Å². The number of carbonyl (C=O) groups excluding carboxylic acids is 3. The first-order valence-corrected chi connectivity index (χ1v) is 11.9. The predicted molar refractivity (Wildman–Crippen MR) is 144 cm³/mol. The molecule has 0 saturated carbocycles. The molecule has 0 atom stereocenters. The van der Waals surface area contributed by atoms with Gasteiger partial charge in [-0.2, -0.15) is 0 Å². The molecule has 5 nitrogen and oxygen atoms in total. The second kappa shape index (κ2) is 9.27. The highest BCUT2D eigenvalue weighted by Gasteiger charge is 2.44. The third kappa shape index (κ3) is 4.09. The molecule has 4 aromatic carbocycles. The summed E-state index contributed by atoms with van der Waals surface area (Å²) in [4.78, 5) is 43.5. The minimum absolute atomic E-state index is 0.0682. The summed E-state index contributed by atoms with van der Waals surface area (Å²) < 4.78 is 0. The van der Waals surface area contributed by atoms with Crippen LogP contribution in [0, 0.1) is 6.92 Å². The molecule has 4 aromatic rings. The molecule has 178 valence electrons. The summed E-state index contributed by atoms with van der Waals surface area (Å²) in [7, 11) is 0. The number of rotatable bonds is 4. The Morgan fingerprint density at radius 3 is 2.11 bits per heavy atom. The average molecular weight is 475 g/mol. The number of hydrogen-bond acceptors (Lipinski definition) is 3. The van der Waals surface area contributed by atoms with Crippen LogP contribution in [0.5, 0.6) is 0 Å². The molecule has 1 heterocycles. The zero-order chi connectivity index (χ0) is 25.4. The Hall–Kier alpha value is -4.51. The molecule has 0 aromatic heterocycles. The fourth-order valence-corrected chi connectivity index (χ4v) is 4.48. The van der Waals surface area contributed by atoms with Gasteiger partial charge in [0.05, 0.1) is 11.4 Å². The van der Waals surface area contributed by atoms with E-state index in [1.165, 1.54) is 0 Å². The summed E-state index contributed by atoms with van der Waals surface area (Å²) in [5, 5.41) is 1.64. The summed E-state index contributed by atoms with van der Waals surface area (Å²) in [6.07, 6.45) is 1.57. The van der Waals surface area contributed by atoms with Crippen molar-refractivity contribution in [1.82, 2.24) is 0 Å². The zero-order valence-corrected chi connectivity index (χ0v) is 20.4. The maximum Gasteiger partial charge on any atom is 0.343 e. The van der Waals surface area contributed by atoms with Crippen LogP contribution in [0.15, 0.2) is 96.6 Å². The van der Waals surface area contributed by atoms with E-state index in [1.807, 2.05) is 67.6 Å². The van der Waals surface area contributed by atoms with E-state index in [0.717, 1.165) is 31.7 Å². The van der Waals surface area contributed by atoms with Gasteiger partial charge >= 0.3 is 6.03 Å². The van der Waals surface area contributed by atoms with Gasteiger partial charge in [0.1, 0.15) is 5.57 Å². The minimum atomic E-state index is -0.695. The smallest absolute Gasteiger partial charge is 0.268 e. The van der Waals surface area contributed by atoms with E-state index >= 15 is 0 Å². The highest BCUT2D eigenvalue weighted by molar-refractivity contribution is 6.46. The summed E-state index contributed by atoms with van der Waals surface area (Å²) in [6.45, 7) is 6.10. The van der Waals surface area contributed by atoms with Crippen LogP contribution in [0.2, 0.25) is 0 Å². The van der Waals surface area contributed by atoms with E-state index in [1.54, 1.807) is 36.4 Å². The van der Waals surface area contributed by atoms with Gasteiger partial charge in [-0.25, -0.2) is 14.6 Å². The SMILES string of the molecule is Cc1cccc(N2C(=O)/C(=C\c3ccc(C(C)C)cc3)C(=O)N(c3cccc4ccccc34)C2=O)c1. The predicted octanol–water partition coefficient (Wildman–Crippen LogP) is 6.86. The lowest BCUT2D eigenvalue weighted by atomic mass is 9.99. The molecule has 0 unspecified atom stereocenters. The van der Waals surface area contributed by atoms with Crippen molar-refractivity contribution in [1.29, 1.82) is 0 Å². The van der Waals surface area contributed by atoms with Crippen LogP contribution < -0.4 is 9.80 Å². The van der Waals surface area contributed by atoms with Crippen LogP contribution >= 0.6 is 0 Å². The van der Waals surface area contributed by atoms with Crippen LogP contribution in [0.4, 0.5) is 16.2 Å². The van der Waals surface area contributed by atoms with Gasteiger partial charge in [0.25, 0.3) is 11.8 Å². The fraction of sp³-hybridized carbons (Fsp3) is 0.129. The number of nitrogens with zero attached hydrogens (tertiary/aromatic N) is 2. The number of hydrogen-bond donors (Lipinski definition) is 0. The zero-order valence-electron chi connectivity index (χ0n) is 20.4. The molecule has 0 radical (unpaired) electrons. The number of imide groups is 2. The van der Waals surface area contributed by atoms with E-state index < -0.39 is 17.8 Å². The molecule has 1 aliphatic heterocycles. The lowest BCUT2D eigenvalue weighted by Gasteiger charge is -2.34. The highest BCUT2D eigenvalue weighted by atomic mass is 16.2. The Morgan fingerprint density at radius 2 is 1.39 bits per heavy atom. The molecule has 0 aliphatic carbocycles. The van der Waals surface area contributed by atoms with Crippen LogP contribution in [0.25, 0.3) is 16.8 Å². The number of amides is 4. The van der Waals surface area contributed by atoms with Crippen molar-refractivity contribution in [2.24, 2.45) is 0 Å². The largest absolute Gasteiger partial charge is 0.343 e. The van der Waals surface area contributed by atoms with E-state index in [0.29, 0.717) is 22.9 Å². The molecule has 4 amide bonds. The van der Waals surface area contributed by atoms with Crippen molar-refractivity contribution < 1.29 is 14.4 Å². The van der Waals surface area contributed by atoms with Gasteiger partial charge in [0.15, 0.2) is 0 Å². The lowest BCUT2D eigenvalue weighted by Crippen LogP contribution is -2.57. The highest BCUT2D eigenvalue weighted by Crippen LogP contribution is 2.34. The first kappa shape index (κ1) is 23.2. The monoisotopic (exact) mass is 474 g/mol. The van der Waals surface area contributed by atoms with Crippen molar-refractivity contribution in [3.8, 4) is 0 Å². The number of aryl methyl sites for hydroxylation is 1. The fourth-order valence-electron chi connectivity index (χ4n) is 4.48. The molecular weight excluding hydrogens is 448 g/mol. The lowest BCUT2D eigenvalue weighted by molar-refractivity contribution is -0.121. The van der Waals surface area contributed by atoms with Crippen molar-refractivity contribution in [2.75, 3.05) is 9.80 Å². The van der Waals surface area contributed by atoms with Gasteiger partial charge < -0.3 is 0 Å². The van der Waals surface area contributed by atoms with Crippen molar-refractivity contribution in [3.63, 3.8) is 0 Å². The Balaban J connectivity index is 1.69. The maximum absolute atomic E-state index is 13.8. The van der Waals surface area contributed by atoms with Crippen molar-refractivity contribution in [3.05, 3.63) is 113 Å². The molecule has 5 heteroatoms. The second-order valence-electron chi connectivity index (χ2n) is 9.28. The summed E-state index contributed by atoms with van der Waals surface area (Å²) in [6, 6.07) is 27.2. The molecule has 36 heavy (non-hydrogen) atoms. The van der Waals surface area contributed by atoms with Crippen LogP contribution in [-0.4, -0.2) is 17.8 Å². The average Bonchev–Trinajstić information content (AvgIpc) is 2.87. The molecule has 1 aliphatic rings. The Bertz CT molecular complexity index is 1530. The van der Waals surface area contributed by atoms with E-state index in [4.69, 9.17) is 0 Å². The Morgan fingerprint density at radius 1 is 0.722 bits per heavy atom. The molecule has 0 N–H and O–H groups in total. The number of barbiturate groups is 1. The number of fused-ring (bicyclic) bond motifs is 1. The molecule has 5 rings (SSSR count).